The fourth-order valence-corrected chi connectivity index (χ4v) is 4.19. The maximum Gasteiger partial charge on any atom is 0.241 e. The normalized spacial score (nSPS) is 17.0. The molecule has 1 amide bonds. The van der Waals surface area contributed by atoms with Crippen molar-refractivity contribution in [3.8, 4) is 11.5 Å². The molecule has 2 aliphatic heterocycles. The minimum atomic E-state index is 0.189. The highest BCUT2D eigenvalue weighted by molar-refractivity contribution is 5.96. The van der Waals surface area contributed by atoms with Crippen molar-refractivity contribution in [2.24, 2.45) is 0 Å². The van der Waals surface area contributed by atoms with E-state index in [1.54, 1.807) is 14.2 Å². The molecule has 0 unspecified atom stereocenters. The Bertz CT molecular complexity index is 845. The van der Waals surface area contributed by atoms with Gasteiger partial charge in [0.05, 0.1) is 20.8 Å². The Morgan fingerprint density at radius 2 is 1.59 bits per heavy atom. The van der Waals surface area contributed by atoms with Crippen molar-refractivity contribution >= 4 is 17.3 Å². The molecule has 2 aromatic carbocycles. The van der Waals surface area contributed by atoms with Gasteiger partial charge in [0.25, 0.3) is 0 Å². The lowest BCUT2D eigenvalue weighted by Crippen LogP contribution is -2.50. The van der Waals surface area contributed by atoms with Crippen molar-refractivity contribution in [1.82, 2.24) is 4.90 Å². The van der Waals surface area contributed by atoms with Gasteiger partial charge in [-0.15, -0.1) is 0 Å². The van der Waals surface area contributed by atoms with E-state index in [1.807, 2.05) is 29.2 Å². The maximum atomic E-state index is 13.0. The Morgan fingerprint density at radius 3 is 2.28 bits per heavy atom. The van der Waals surface area contributed by atoms with E-state index in [0.717, 1.165) is 62.8 Å². The monoisotopic (exact) mass is 395 g/mol. The largest absolute Gasteiger partial charge is 0.497 e. The number of carbonyl (C=O) groups excluding carboxylic acids is 1. The molecule has 154 valence electrons. The van der Waals surface area contributed by atoms with Crippen LogP contribution in [0.5, 0.6) is 11.5 Å². The molecule has 2 aromatic rings. The van der Waals surface area contributed by atoms with Crippen LogP contribution in [0.4, 0.5) is 11.4 Å². The molecule has 4 rings (SSSR count). The SMILES string of the molecule is COc1ccc(N2CCN(CC(=O)N3CCCc4cc(OC)ccc43)CC2)cc1. The molecule has 1 saturated heterocycles. The van der Waals surface area contributed by atoms with Gasteiger partial charge in [0.15, 0.2) is 0 Å². The summed E-state index contributed by atoms with van der Waals surface area (Å²) in [5.74, 6) is 1.92. The van der Waals surface area contributed by atoms with E-state index in [0.29, 0.717) is 6.54 Å². The van der Waals surface area contributed by atoms with Crippen molar-refractivity contribution in [3.05, 3.63) is 48.0 Å². The third-order valence-electron chi connectivity index (χ3n) is 5.88. The smallest absolute Gasteiger partial charge is 0.241 e. The second-order valence-corrected chi connectivity index (χ2v) is 7.60. The second kappa shape index (κ2) is 8.74. The first-order chi connectivity index (χ1) is 14.2. The molecule has 2 aliphatic rings. The summed E-state index contributed by atoms with van der Waals surface area (Å²) in [5, 5.41) is 0. The molecule has 0 atom stereocenters. The van der Waals surface area contributed by atoms with Crippen molar-refractivity contribution in [2.75, 3.05) is 63.3 Å². The summed E-state index contributed by atoms with van der Waals surface area (Å²) in [5.41, 5.74) is 3.45. The molecule has 0 saturated carbocycles. The molecule has 0 aromatic heterocycles. The topological polar surface area (TPSA) is 45.2 Å². The number of rotatable bonds is 5. The fraction of sp³-hybridized carbons (Fsp3) is 0.435. The molecule has 2 heterocycles. The standard InChI is InChI=1S/C23H29N3O3/c1-28-20-7-5-19(6-8-20)25-14-12-24(13-15-25)17-23(27)26-11-3-4-18-16-21(29-2)9-10-22(18)26/h5-10,16H,3-4,11-15,17H2,1-2H3. The second-order valence-electron chi connectivity index (χ2n) is 7.60. The Hall–Kier alpha value is -2.73. The van der Waals surface area contributed by atoms with Gasteiger partial charge >= 0.3 is 0 Å². The molecule has 6 nitrogen and oxygen atoms in total. The Labute approximate surface area is 172 Å². The van der Waals surface area contributed by atoms with Gasteiger partial charge in [-0.1, -0.05) is 0 Å². The summed E-state index contributed by atoms with van der Waals surface area (Å²) in [7, 11) is 3.36. The first-order valence-corrected chi connectivity index (χ1v) is 10.3. The van der Waals surface area contributed by atoms with Gasteiger partial charge < -0.3 is 19.3 Å². The number of hydrogen-bond acceptors (Lipinski definition) is 5. The number of benzene rings is 2. The highest BCUT2D eigenvalue weighted by atomic mass is 16.5. The summed E-state index contributed by atoms with van der Waals surface area (Å²) in [6.07, 6.45) is 1.99. The van der Waals surface area contributed by atoms with Crippen molar-refractivity contribution in [3.63, 3.8) is 0 Å². The number of fused-ring (bicyclic) bond motifs is 1. The van der Waals surface area contributed by atoms with E-state index in [2.05, 4.69) is 28.0 Å². The average Bonchev–Trinajstić information content (AvgIpc) is 2.78. The van der Waals surface area contributed by atoms with Crippen molar-refractivity contribution < 1.29 is 14.3 Å². The number of amides is 1. The van der Waals surface area contributed by atoms with Gasteiger partial charge in [0.2, 0.25) is 5.91 Å². The molecule has 0 radical (unpaired) electrons. The molecular formula is C23H29N3O3. The number of hydrogen-bond donors (Lipinski definition) is 0. The maximum absolute atomic E-state index is 13.0. The molecule has 1 fully saturated rings. The van der Waals surface area contributed by atoms with Crippen LogP contribution in [0.2, 0.25) is 0 Å². The predicted molar refractivity (Wildman–Crippen MR) is 115 cm³/mol. The van der Waals surface area contributed by atoms with Crippen LogP contribution in [0.3, 0.4) is 0 Å². The van der Waals surface area contributed by atoms with Gasteiger partial charge in [-0.2, -0.15) is 0 Å². The van der Waals surface area contributed by atoms with Crippen LogP contribution in [0, 0.1) is 0 Å². The third kappa shape index (κ3) is 4.32. The lowest BCUT2D eigenvalue weighted by Gasteiger charge is -2.37. The summed E-state index contributed by atoms with van der Waals surface area (Å²) in [6, 6.07) is 14.2. The van der Waals surface area contributed by atoms with Crippen LogP contribution in [0.1, 0.15) is 12.0 Å². The van der Waals surface area contributed by atoms with Gasteiger partial charge in [-0.05, 0) is 60.9 Å². The molecule has 6 heteroatoms. The highest BCUT2D eigenvalue weighted by Gasteiger charge is 2.26. The molecule has 0 N–H and O–H groups in total. The summed E-state index contributed by atoms with van der Waals surface area (Å²) in [4.78, 5) is 19.6. The van der Waals surface area contributed by atoms with E-state index >= 15 is 0 Å². The zero-order valence-corrected chi connectivity index (χ0v) is 17.3. The minimum Gasteiger partial charge on any atom is -0.497 e. The van der Waals surface area contributed by atoms with Crippen LogP contribution in [-0.4, -0.2) is 64.3 Å². The molecule has 0 spiro atoms. The van der Waals surface area contributed by atoms with E-state index in [1.165, 1.54) is 11.3 Å². The van der Waals surface area contributed by atoms with E-state index in [9.17, 15) is 4.79 Å². The number of nitrogens with zero attached hydrogens (tertiary/aromatic N) is 3. The van der Waals surface area contributed by atoms with Crippen molar-refractivity contribution in [1.29, 1.82) is 0 Å². The number of piperazine rings is 1. The highest BCUT2D eigenvalue weighted by Crippen LogP contribution is 2.30. The van der Waals surface area contributed by atoms with E-state index in [4.69, 9.17) is 9.47 Å². The van der Waals surface area contributed by atoms with Crippen LogP contribution in [0.25, 0.3) is 0 Å². The molecule has 0 bridgehead atoms. The predicted octanol–water partition coefficient (Wildman–Crippen LogP) is 2.81. The van der Waals surface area contributed by atoms with Crippen LogP contribution < -0.4 is 19.3 Å². The summed E-state index contributed by atoms with van der Waals surface area (Å²) < 4.78 is 10.6. The minimum absolute atomic E-state index is 0.189. The Kier molecular flexibility index (Phi) is 5.90. The van der Waals surface area contributed by atoms with Crippen LogP contribution in [-0.2, 0) is 11.2 Å². The van der Waals surface area contributed by atoms with Crippen LogP contribution in [0.15, 0.2) is 42.5 Å². The zero-order chi connectivity index (χ0) is 20.2. The quantitative estimate of drug-likeness (QED) is 0.779. The lowest BCUT2D eigenvalue weighted by atomic mass is 10.0. The molecular weight excluding hydrogens is 366 g/mol. The molecule has 29 heavy (non-hydrogen) atoms. The Morgan fingerprint density at radius 1 is 0.897 bits per heavy atom. The van der Waals surface area contributed by atoms with Gasteiger partial charge in [0.1, 0.15) is 11.5 Å². The van der Waals surface area contributed by atoms with Crippen LogP contribution >= 0.6 is 0 Å². The Balaban J connectivity index is 1.34. The van der Waals surface area contributed by atoms with E-state index < -0.39 is 0 Å². The molecule has 0 aliphatic carbocycles. The number of methoxy groups -OCH3 is 2. The summed E-state index contributed by atoms with van der Waals surface area (Å²) >= 11 is 0. The lowest BCUT2D eigenvalue weighted by molar-refractivity contribution is -0.119. The summed E-state index contributed by atoms with van der Waals surface area (Å²) in [6.45, 7) is 4.90. The first-order valence-electron chi connectivity index (χ1n) is 10.3. The average molecular weight is 396 g/mol. The van der Waals surface area contributed by atoms with Gasteiger partial charge in [-0.3, -0.25) is 9.69 Å². The third-order valence-corrected chi connectivity index (χ3v) is 5.88. The van der Waals surface area contributed by atoms with E-state index in [-0.39, 0.29) is 5.91 Å². The fourth-order valence-electron chi connectivity index (χ4n) is 4.19. The van der Waals surface area contributed by atoms with Crippen molar-refractivity contribution in [2.45, 2.75) is 12.8 Å². The first kappa shape index (κ1) is 19.6. The number of ether oxygens (including phenoxy) is 2. The number of anilines is 2. The van der Waals surface area contributed by atoms with Gasteiger partial charge in [-0.25, -0.2) is 0 Å². The number of aryl methyl sites for hydroxylation is 1. The van der Waals surface area contributed by atoms with Gasteiger partial charge in [0, 0.05) is 44.1 Å². The number of carbonyl (C=O) groups is 1. The zero-order valence-electron chi connectivity index (χ0n) is 17.3.